The van der Waals surface area contributed by atoms with Crippen molar-refractivity contribution in [2.45, 2.75) is 13.0 Å². The van der Waals surface area contributed by atoms with E-state index < -0.39 is 0 Å². The highest BCUT2D eigenvalue weighted by Crippen LogP contribution is 2.13. The molecule has 0 aliphatic carbocycles. The van der Waals surface area contributed by atoms with Gasteiger partial charge in [-0.25, -0.2) is 0 Å². The molecule has 1 heterocycles. The Kier molecular flexibility index (Phi) is 5.88. The predicted molar refractivity (Wildman–Crippen MR) is 81.1 cm³/mol. The zero-order chi connectivity index (χ0) is 15.9. The Morgan fingerprint density at radius 1 is 1.36 bits per heavy atom. The van der Waals surface area contributed by atoms with E-state index in [1.807, 2.05) is 0 Å². The van der Waals surface area contributed by atoms with Crippen LogP contribution in [0.5, 0.6) is 0 Å². The number of hydrogen-bond donors (Lipinski definition) is 2. The monoisotopic (exact) mass is 324 g/mol. The smallest absolute Gasteiger partial charge is 0.273 e. The molecule has 0 aliphatic heterocycles. The van der Waals surface area contributed by atoms with Gasteiger partial charge in [0.25, 0.3) is 5.91 Å². The third-order valence-electron chi connectivity index (χ3n) is 2.92. The molecular weight excluding hydrogens is 308 g/mol. The molecule has 0 atom stereocenters. The minimum absolute atomic E-state index is 0.106. The van der Waals surface area contributed by atoms with Crippen LogP contribution in [0, 0.1) is 0 Å². The summed E-state index contributed by atoms with van der Waals surface area (Å²) in [7, 11) is 1.60. The third-order valence-corrected chi connectivity index (χ3v) is 3.17. The van der Waals surface area contributed by atoms with Crippen LogP contribution in [-0.4, -0.2) is 46.3 Å². The van der Waals surface area contributed by atoms with Gasteiger partial charge >= 0.3 is 0 Å². The highest BCUT2D eigenvalue weighted by atomic mass is 35.5. The van der Waals surface area contributed by atoms with Crippen molar-refractivity contribution in [3.8, 4) is 5.69 Å². The summed E-state index contributed by atoms with van der Waals surface area (Å²) in [4.78, 5) is 13.4. The molecule has 0 unspecified atom stereocenters. The van der Waals surface area contributed by atoms with E-state index in [4.69, 9.17) is 16.3 Å². The fraction of sp³-hybridized carbons (Fsp3) is 0.357. The van der Waals surface area contributed by atoms with Crippen LogP contribution >= 0.6 is 11.6 Å². The highest BCUT2D eigenvalue weighted by Gasteiger charge is 2.18. The molecule has 1 amide bonds. The van der Waals surface area contributed by atoms with E-state index in [1.165, 1.54) is 4.80 Å². The number of benzene rings is 1. The van der Waals surface area contributed by atoms with Gasteiger partial charge in [-0.05, 0) is 30.7 Å². The van der Waals surface area contributed by atoms with Gasteiger partial charge in [0.05, 0.1) is 12.3 Å². The topological polar surface area (TPSA) is 89.3 Å². The van der Waals surface area contributed by atoms with Crippen LogP contribution < -0.4 is 5.32 Å². The minimum atomic E-state index is -0.375. The lowest BCUT2D eigenvalue weighted by Gasteiger charge is -2.02. The maximum atomic E-state index is 12.1. The molecule has 8 heteroatoms. The summed E-state index contributed by atoms with van der Waals surface area (Å²) in [6.45, 7) is 0.657. The van der Waals surface area contributed by atoms with Crippen molar-refractivity contribution >= 4 is 17.5 Å². The summed E-state index contributed by atoms with van der Waals surface area (Å²) in [5, 5.41) is 20.9. The van der Waals surface area contributed by atoms with Crippen molar-refractivity contribution < 1.29 is 14.6 Å². The largest absolute Gasteiger partial charge is 0.390 e. The highest BCUT2D eigenvalue weighted by molar-refractivity contribution is 6.30. The first kappa shape index (κ1) is 16.4. The molecule has 2 rings (SSSR count). The van der Waals surface area contributed by atoms with E-state index in [2.05, 4.69) is 15.5 Å². The number of aliphatic hydroxyl groups excluding tert-OH is 1. The number of amides is 1. The summed E-state index contributed by atoms with van der Waals surface area (Å²) in [5.74, 6) is -0.375. The number of methoxy groups -OCH3 is 1. The van der Waals surface area contributed by atoms with Gasteiger partial charge in [0.15, 0.2) is 5.69 Å². The molecule has 0 saturated heterocycles. The van der Waals surface area contributed by atoms with Crippen molar-refractivity contribution in [3.63, 3.8) is 0 Å². The van der Waals surface area contributed by atoms with E-state index in [0.29, 0.717) is 30.3 Å². The molecule has 22 heavy (non-hydrogen) atoms. The van der Waals surface area contributed by atoms with E-state index >= 15 is 0 Å². The number of nitrogens with zero attached hydrogens (tertiary/aromatic N) is 3. The molecule has 0 bridgehead atoms. The quantitative estimate of drug-likeness (QED) is 0.746. The van der Waals surface area contributed by atoms with Crippen LogP contribution in [0.3, 0.4) is 0 Å². The van der Waals surface area contributed by atoms with Gasteiger partial charge in [0.2, 0.25) is 0 Å². The minimum Gasteiger partial charge on any atom is -0.390 e. The Morgan fingerprint density at radius 3 is 2.73 bits per heavy atom. The van der Waals surface area contributed by atoms with E-state index in [9.17, 15) is 9.90 Å². The molecule has 7 nitrogen and oxygen atoms in total. The Labute approximate surface area is 132 Å². The maximum Gasteiger partial charge on any atom is 0.273 e. The van der Waals surface area contributed by atoms with Gasteiger partial charge in [-0.1, -0.05) is 11.6 Å². The Balaban J connectivity index is 2.14. The van der Waals surface area contributed by atoms with Crippen molar-refractivity contribution in [1.29, 1.82) is 0 Å². The molecule has 0 aliphatic rings. The Hall–Kier alpha value is -1.96. The van der Waals surface area contributed by atoms with Crippen LogP contribution in [0.4, 0.5) is 0 Å². The number of aliphatic hydroxyl groups is 1. The van der Waals surface area contributed by atoms with Crippen molar-refractivity contribution in [2.24, 2.45) is 0 Å². The normalized spacial score (nSPS) is 10.7. The molecule has 2 N–H and O–H groups in total. The van der Waals surface area contributed by atoms with Gasteiger partial charge in [0.1, 0.15) is 5.69 Å². The molecule has 1 aromatic carbocycles. The molecule has 1 aromatic heterocycles. The van der Waals surface area contributed by atoms with Gasteiger partial charge in [-0.2, -0.15) is 4.80 Å². The first-order chi connectivity index (χ1) is 10.7. The molecule has 0 saturated carbocycles. The lowest BCUT2D eigenvalue weighted by Crippen LogP contribution is -2.26. The Bertz CT molecular complexity index is 628. The molecule has 0 radical (unpaired) electrons. The molecule has 0 spiro atoms. The first-order valence-electron chi connectivity index (χ1n) is 6.76. The second-order valence-corrected chi connectivity index (χ2v) is 4.96. The second-order valence-electron chi connectivity index (χ2n) is 4.52. The number of rotatable bonds is 7. The maximum absolute atomic E-state index is 12.1. The zero-order valence-electron chi connectivity index (χ0n) is 12.1. The number of carbonyl (C=O) groups is 1. The summed E-state index contributed by atoms with van der Waals surface area (Å²) in [5.41, 5.74) is 0.978. The third kappa shape index (κ3) is 4.03. The van der Waals surface area contributed by atoms with Crippen LogP contribution in [-0.2, 0) is 11.3 Å². The van der Waals surface area contributed by atoms with Crippen molar-refractivity contribution in [1.82, 2.24) is 20.3 Å². The first-order valence-corrected chi connectivity index (χ1v) is 7.13. The fourth-order valence-electron chi connectivity index (χ4n) is 1.81. The number of ether oxygens (including phenoxy) is 1. The number of hydrogen-bond acceptors (Lipinski definition) is 5. The SMILES string of the molecule is COCCCNC(=O)c1nn(-c2ccc(Cl)cc2)nc1CO. The van der Waals surface area contributed by atoms with Crippen molar-refractivity contribution in [2.75, 3.05) is 20.3 Å². The summed E-state index contributed by atoms with van der Waals surface area (Å²) >= 11 is 5.83. The van der Waals surface area contributed by atoms with Crippen LogP contribution in [0.25, 0.3) is 5.69 Å². The average molecular weight is 325 g/mol. The summed E-state index contributed by atoms with van der Waals surface area (Å²) in [6.07, 6.45) is 0.696. The lowest BCUT2D eigenvalue weighted by atomic mass is 10.3. The number of aromatic nitrogens is 3. The van der Waals surface area contributed by atoms with E-state index in [0.717, 1.165) is 0 Å². The lowest BCUT2D eigenvalue weighted by molar-refractivity contribution is 0.0940. The zero-order valence-corrected chi connectivity index (χ0v) is 12.9. The second kappa shape index (κ2) is 7.88. The number of carbonyl (C=O) groups excluding carboxylic acids is 1. The molecule has 2 aromatic rings. The molecular formula is C14H17ClN4O3. The summed E-state index contributed by atoms with van der Waals surface area (Å²) in [6, 6.07) is 6.85. The predicted octanol–water partition coefficient (Wildman–Crippen LogP) is 1.18. The van der Waals surface area contributed by atoms with Crippen LogP contribution in [0.2, 0.25) is 5.02 Å². The van der Waals surface area contributed by atoms with E-state index in [1.54, 1.807) is 31.4 Å². The van der Waals surface area contributed by atoms with Gasteiger partial charge < -0.3 is 15.2 Å². The summed E-state index contributed by atoms with van der Waals surface area (Å²) < 4.78 is 4.91. The van der Waals surface area contributed by atoms with Crippen molar-refractivity contribution in [3.05, 3.63) is 40.7 Å². The fourth-order valence-corrected chi connectivity index (χ4v) is 1.94. The molecule has 118 valence electrons. The Morgan fingerprint density at radius 2 is 2.09 bits per heavy atom. The van der Waals surface area contributed by atoms with Gasteiger partial charge in [0, 0.05) is 25.3 Å². The average Bonchev–Trinajstić information content (AvgIpc) is 2.96. The van der Waals surface area contributed by atoms with Crippen LogP contribution in [0.1, 0.15) is 22.6 Å². The standard InChI is InChI=1S/C14H17ClN4O3/c1-22-8-2-7-16-14(21)13-12(9-20)17-19(18-13)11-5-3-10(15)4-6-11/h3-6,20H,2,7-9H2,1H3,(H,16,21). The number of halogens is 1. The van der Waals surface area contributed by atoms with Crippen LogP contribution in [0.15, 0.2) is 24.3 Å². The van der Waals surface area contributed by atoms with E-state index in [-0.39, 0.29) is 23.9 Å². The van der Waals surface area contributed by atoms with Gasteiger partial charge in [-0.3, -0.25) is 4.79 Å². The van der Waals surface area contributed by atoms with Gasteiger partial charge in [-0.15, -0.1) is 10.2 Å². The number of nitrogens with one attached hydrogen (secondary N) is 1. The molecule has 0 fully saturated rings.